The van der Waals surface area contributed by atoms with Crippen molar-refractivity contribution in [2.24, 2.45) is 4.99 Å². The molecule has 108 valence electrons. The van der Waals surface area contributed by atoms with Crippen molar-refractivity contribution in [3.05, 3.63) is 75.7 Å². The standard InChI is InChI=1S/C15H9N3O4/c19-15-13(8-10-3-5-12(6-4-10)18(20)21)17-14(22-15)11-2-1-7-16-9-11/h1-9H/b13-8-. The summed E-state index contributed by atoms with van der Waals surface area (Å²) in [5.74, 6) is -0.386. The first-order valence-corrected chi connectivity index (χ1v) is 6.31. The van der Waals surface area contributed by atoms with E-state index in [0.29, 0.717) is 11.1 Å². The molecule has 0 amide bonds. The van der Waals surface area contributed by atoms with E-state index in [1.807, 2.05) is 0 Å². The number of nitrogens with zero attached hydrogens (tertiary/aromatic N) is 3. The predicted octanol–water partition coefficient (Wildman–Crippen LogP) is 2.33. The third-order valence-corrected chi connectivity index (χ3v) is 2.94. The number of aromatic nitrogens is 1. The Morgan fingerprint density at radius 3 is 2.59 bits per heavy atom. The van der Waals surface area contributed by atoms with Crippen molar-refractivity contribution in [2.75, 3.05) is 0 Å². The lowest BCUT2D eigenvalue weighted by molar-refractivity contribution is -0.384. The van der Waals surface area contributed by atoms with Gasteiger partial charge >= 0.3 is 5.97 Å². The fourth-order valence-corrected chi connectivity index (χ4v) is 1.87. The summed E-state index contributed by atoms with van der Waals surface area (Å²) < 4.78 is 5.09. The molecule has 2 aromatic rings. The van der Waals surface area contributed by atoms with Gasteiger partial charge in [-0.3, -0.25) is 15.1 Å². The molecule has 0 unspecified atom stereocenters. The summed E-state index contributed by atoms with van der Waals surface area (Å²) in [5, 5.41) is 10.6. The lowest BCUT2D eigenvalue weighted by Crippen LogP contribution is -2.05. The number of rotatable bonds is 3. The molecule has 0 N–H and O–H groups in total. The highest BCUT2D eigenvalue weighted by molar-refractivity contribution is 6.12. The summed E-state index contributed by atoms with van der Waals surface area (Å²) >= 11 is 0. The first-order valence-electron chi connectivity index (χ1n) is 6.31. The molecule has 1 aromatic heterocycles. The van der Waals surface area contributed by atoms with E-state index in [-0.39, 0.29) is 17.3 Å². The summed E-state index contributed by atoms with van der Waals surface area (Å²) in [6.45, 7) is 0. The first-order chi connectivity index (χ1) is 10.6. The molecule has 0 saturated carbocycles. The van der Waals surface area contributed by atoms with E-state index in [4.69, 9.17) is 4.74 Å². The molecule has 0 saturated heterocycles. The van der Waals surface area contributed by atoms with Gasteiger partial charge in [0.05, 0.1) is 10.5 Å². The van der Waals surface area contributed by atoms with Gasteiger partial charge in [0.2, 0.25) is 5.90 Å². The molecule has 7 heteroatoms. The molecule has 0 spiro atoms. The second-order valence-electron chi connectivity index (χ2n) is 4.43. The van der Waals surface area contributed by atoms with E-state index in [2.05, 4.69) is 9.98 Å². The molecule has 2 heterocycles. The third kappa shape index (κ3) is 2.73. The fraction of sp³-hybridized carbons (Fsp3) is 0. The highest BCUT2D eigenvalue weighted by Gasteiger charge is 2.24. The first kappa shape index (κ1) is 13.6. The summed E-state index contributed by atoms with van der Waals surface area (Å²) in [6.07, 6.45) is 4.66. The van der Waals surface area contributed by atoms with Crippen molar-refractivity contribution in [1.29, 1.82) is 0 Å². The van der Waals surface area contributed by atoms with E-state index in [0.717, 1.165) is 0 Å². The number of benzene rings is 1. The Kier molecular flexibility index (Phi) is 3.45. The van der Waals surface area contributed by atoms with Crippen molar-refractivity contribution >= 4 is 23.6 Å². The van der Waals surface area contributed by atoms with Crippen LogP contribution in [-0.2, 0) is 9.53 Å². The summed E-state index contributed by atoms with van der Waals surface area (Å²) in [6, 6.07) is 9.24. The normalized spacial score (nSPS) is 15.5. The Balaban J connectivity index is 1.89. The highest BCUT2D eigenvalue weighted by Crippen LogP contribution is 2.20. The smallest absolute Gasteiger partial charge is 0.363 e. The van der Waals surface area contributed by atoms with Crippen LogP contribution in [0.5, 0.6) is 0 Å². The van der Waals surface area contributed by atoms with Crippen molar-refractivity contribution in [3.8, 4) is 0 Å². The van der Waals surface area contributed by atoms with E-state index in [1.165, 1.54) is 30.3 Å². The zero-order valence-corrected chi connectivity index (χ0v) is 11.2. The number of carbonyl (C=O) groups is 1. The molecule has 3 rings (SSSR count). The molecule has 0 bridgehead atoms. The van der Waals surface area contributed by atoms with Crippen LogP contribution in [0.4, 0.5) is 5.69 Å². The number of cyclic esters (lactones) is 1. The zero-order valence-electron chi connectivity index (χ0n) is 11.2. The average molecular weight is 295 g/mol. The van der Waals surface area contributed by atoms with Gasteiger partial charge in [0.15, 0.2) is 5.70 Å². The van der Waals surface area contributed by atoms with E-state index in [9.17, 15) is 14.9 Å². The summed E-state index contributed by atoms with van der Waals surface area (Å²) in [5.41, 5.74) is 1.33. The average Bonchev–Trinajstić information content (AvgIpc) is 2.90. The number of nitro benzene ring substituents is 1. The third-order valence-electron chi connectivity index (χ3n) is 2.94. The van der Waals surface area contributed by atoms with Crippen LogP contribution < -0.4 is 0 Å². The van der Waals surface area contributed by atoms with Crippen LogP contribution in [0.3, 0.4) is 0 Å². The molecule has 0 aliphatic carbocycles. The Hall–Kier alpha value is -3.35. The van der Waals surface area contributed by atoms with Crippen molar-refractivity contribution in [3.63, 3.8) is 0 Å². The van der Waals surface area contributed by atoms with Gasteiger partial charge in [0, 0.05) is 24.5 Å². The lowest BCUT2D eigenvalue weighted by Gasteiger charge is -1.96. The Bertz CT molecular complexity index is 795. The molecule has 1 aliphatic rings. The predicted molar refractivity (Wildman–Crippen MR) is 77.9 cm³/mol. The molecule has 0 fully saturated rings. The Morgan fingerprint density at radius 1 is 1.18 bits per heavy atom. The molecule has 0 atom stereocenters. The zero-order chi connectivity index (χ0) is 15.5. The van der Waals surface area contributed by atoms with Crippen LogP contribution in [0.1, 0.15) is 11.1 Å². The SMILES string of the molecule is O=C1OC(c2cccnc2)=N/C1=C\c1ccc([N+](=O)[O-])cc1. The number of hydrogen-bond acceptors (Lipinski definition) is 6. The molecule has 0 radical (unpaired) electrons. The number of carbonyl (C=O) groups excluding carboxylic acids is 1. The number of pyridine rings is 1. The minimum atomic E-state index is -0.572. The van der Waals surface area contributed by atoms with Gasteiger partial charge in [-0.25, -0.2) is 9.79 Å². The number of hydrogen-bond donors (Lipinski definition) is 0. The minimum Gasteiger partial charge on any atom is -0.402 e. The van der Waals surface area contributed by atoms with Gasteiger partial charge in [-0.1, -0.05) is 0 Å². The maximum absolute atomic E-state index is 11.8. The topological polar surface area (TPSA) is 94.7 Å². The van der Waals surface area contributed by atoms with Crippen molar-refractivity contribution in [2.45, 2.75) is 0 Å². The number of ether oxygens (including phenoxy) is 1. The minimum absolute atomic E-state index is 0.0179. The van der Waals surface area contributed by atoms with Crippen LogP contribution in [0, 0.1) is 10.1 Å². The number of aliphatic imine (C=N–C) groups is 1. The lowest BCUT2D eigenvalue weighted by atomic mass is 10.2. The monoisotopic (exact) mass is 295 g/mol. The molecular formula is C15H9N3O4. The van der Waals surface area contributed by atoms with Gasteiger partial charge in [-0.2, -0.15) is 0 Å². The largest absolute Gasteiger partial charge is 0.402 e. The van der Waals surface area contributed by atoms with E-state index < -0.39 is 10.9 Å². The van der Waals surface area contributed by atoms with Gasteiger partial charge in [0.25, 0.3) is 5.69 Å². The van der Waals surface area contributed by atoms with Crippen LogP contribution in [0.25, 0.3) is 6.08 Å². The highest BCUT2D eigenvalue weighted by atomic mass is 16.6. The van der Waals surface area contributed by atoms with Crippen LogP contribution in [-0.4, -0.2) is 21.8 Å². The second-order valence-corrected chi connectivity index (χ2v) is 4.43. The quantitative estimate of drug-likeness (QED) is 0.375. The molecule has 22 heavy (non-hydrogen) atoms. The Labute approximate surface area is 124 Å². The van der Waals surface area contributed by atoms with Gasteiger partial charge < -0.3 is 4.74 Å². The van der Waals surface area contributed by atoms with Crippen LogP contribution in [0.15, 0.2) is 59.5 Å². The fourth-order valence-electron chi connectivity index (χ4n) is 1.87. The van der Waals surface area contributed by atoms with E-state index in [1.54, 1.807) is 24.5 Å². The van der Waals surface area contributed by atoms with Gasteiger partial charge in [-0.15, -0.1) is 0 Å². The molecular weight excluding hydrogens is 286 g/mol. The van der Waals surface area contributed by atoms with Gasteiger partial charge in [0.1, 0.15) is 0 Å². The summed E-state index contributed by atoms with van der Waals surface area (Å²) in [7, 11) is 0. The number of nitro groups is 1. The number of non-ortho nitro benzene ring substituents is 1. The molecule has 1 aliphatic heterocycles. The molecule has 1 aromatic carbocycles. The van der Waals surface area contributed by atoms with Gasteiger partial charge in [-0.05, 0) is 35.9 Å². The van der Waals surface area contributed by atoms with Crippen LogP contribution >= 0.6 is 0 Å². The van der Waals surface area contributed by atoms with Crippen molar-refractivity contribution in [1.82, 2.24) is 4.98 Å². The maximum atomic E-state index is 11.8. The van der Waals surface area contributed by atoms with Crippen molar-refractivity contribution < 1.29 is 14.5 Å². The molecule has 7 nitrogen and oxygen atoms in total. The summed E-state index contributed by atoms with van der Waals surface area (Å²) in [4.78, 5) is 30.0. The van der Waals surface area contributed by atoms with Crippen LogP contribution in [0.2, 0.25) is 0 Å². The number of esters is 1. The maximum Gasteiger partial charge on any atom is 0.363 e. The second kappa shape index (κ2) is 5.57. The van der Waals surface area contributed by atoms with E-state index >= 15 is 0 Å². The Morgan fingerprint density at radius 2 is 1.95 bits per heavy atom.